The highest BCUT2D eigenvalue weighted by Crippen LogP contribution is 2.45. The standard InChI is InChI=1S/C15H15ClF2N2O/c16-11-3-1-2-10(8-11)12-13(21-20-14(12)19)9-4-6-15(17,18)7-5-9/h1-3,8-9H,4-7H2,(H2,19,20). The van der Waals surface area contributed by atoms with Crippen molar-refractivity contribution >= 4 is 17.4 Å². The molecule has 0 amide bonds. The van der Waals surface area contributed by atoms with Crippen LogP contribution in [-0.4, -0.2) is 11.1 Å². The Kier molecular flexibility index (Phi) is 3.61. The van der Waals surface area contributed by atoms with Crippen molar-refractivity contribution in [2.75, 3.05) is 5.73 Å². The fourth-order valence-electron chi connectivity index (χ4n) is 2.83. The molecule has 1 saturated carbocycles. The van der Waals surface area contributed by atoms with Gasteiger partial charge >= 0.3 is 0 Å². The van der Waals surface area contributed by atoms with Gasteiger partial charge in [-0.15, -0.1) is 0 Å². The van der Waals surface area contributed by atoms with Crippen LogP contribution in [0.1, 0.15) is 37.4 Å². The van der Waals surface area contributed by atoms with Crippen molar-refractivity contribution < 1.29 is 13.3 Å². The Morgan fingerprint density at radius 1 is 1.29 bits per heavy atom. The summed E-state index contributed by atoms with van der Waals surface area (Å²) < 4.78 is 31.9. The highest BCUT2D eigenvalue weighted by Gasteiger charge is 2.38. The average Bonchev–Trinajstić information content (AvgIpc) is 2.80. The predicted molar refractivity (Wildman–Crippen MR) is 77.5 cm³/mol. The van der Waals surface area contributed by atoms with Gasteiger partial charge in [-0.1, -0.05) is 28.9 Å². The number of nitrogens with two attached hydrogens (primary N) is 1. The van der Waals surface area contributed by atoms with Gasteiger partial charge in [-0.25, -0.2) is 8.78 Å². The summed E-state index contributed by atoms with van der Waals surface area (Å²) in [4.78, 5) is 0. The molecule has 2 N–H and O–H groups in total. The highest BCUT2D eigenvalue weighted by molar-refractivity contribution is 6.30. The Morgan fingerprint density at radius 2 is 2.00 bits per heavy atom. The van der Waals surface area contributed by atoms with Gasteiger partial charge in [0.25, 0.3) is 0 Å². The maximum absolute atomic E-state index is 13.3. The zero-order valence-corrected chi connectivity index (χ0v) is 12.0. The third kappa shape index (κ3) is 2.88. The van der Waals surface area contributed by atoms with Gasteiger partial charge in [0.15, 0.2) is 5.82 Å². The summed E-state index contributed by atoms with van der Waals surface area (Å²) in [6.07, 6.45) is 0.477. The molecule has 0 bridgehead atoms. The Morgan fingerprint density at radius 3 is 2.67 bits per heavy atom. The number of hydrogen-bond donors (Lipinski definition) is 1. The van der Waals surface area contributed by atoms with E-state index in [1.165, 1.54) is 0 Å². The summed E-state index contributed by atoms with van der Waals surface area (Å²) in [7, 11) is 0. The molecular formula is C15H15ClF2N2O. The monoisotopic (exact) mass is 312 g/mol. The molecule has 1 aromatic carbocycles. The number of rotatable bonds is 2. The van der Waals surface area contributed by atoms with Crippen LogP contribution in [0.25, 0.3) is 11.1 Å². The van der Waals surface area contributed by atoms with Crippen LogP contribution in [0.2, 0.25) is 5.02 Å². The van der Waals surface area contributed by atoms with Crippen molar-refractivity contribution in [2.45, 2.75) is 37.5 Å². The fraction of sp³-hybridized carbons (Fsp3) is 0.400. The molecule has 1 heterocycles. The molecule has 0 spiro atoms. The molecule has 1 aromatic heterocycles. The summed E-state index contributed by atoms with van der Waals surface area (Å²) in [5.41, 5.74) is 7.36. The smallest absolute Gasteiger partial charge is 0.248 e. The van der Waals surface area contributed by atoms with E-state index in [2.05, 4.69) is 5.16 Å². The first kappa shape index (κ1) is 14.3. The van der Waals surface area contributed by atoms with E-state index >= 15 is 0 Å². The summed E-state index contributed by atoms with van der Waals surface area (Å²) in [6, 6.07) is 7.19. The number of halogens is 3. The second-order valence-corrected chi connectivity index (χ2v) is 5.88. The summed E-state index contributed by atoms with van der Waals surface area (Å²) in [5.74, 6) is -1.79. The van der Waals surface area contributed by atoms with Crippen molar-refractivity contribution in [3.8, 4) is 11.1 Å². The van der Waals surface area contributed by atoms with Gasteiger partial charge in [-0.3, -0.25) is 0 Å². The second kappa shape index (κ2) is 5.30. The van der Waals surface area contributed by atoms with Gasteiger partial charge in [-0.05, 0) is 30.5 Å². The van der Waals surface area contributed by atoms with Crippen LogP contribution in [0.3, 0.4) is 0 Å². The van der Waals surface area contributed by atoms with E-state index in [9.17, 15) is 8.78 Å². The Balaban J connectivity index is 1.95. The molecule has 3 rings (SSSR count). The van der Waals surface area contributed by atoms with Gasteiger partial charge in [-0.2, -0.15) is 0 Å². The van der Waals surface area contributed by atoms with E-state index in [-0.39, 0.29) is 24.6 Å². The quantitative estimate of drug-likeness (QED) is 0.860. The van der Waals surface area contributed by atoms with Gasteiger partial charge in [0, 0.05) is 23.8 Å². The first-order valence-corrected chi connectivity index (χ1v) is 7.23. The molecule has 1 aliphatic carbocycles. The molecule has 0 radical (unpaired) electrons. The predicted octanol–water partition coefficient (Wildman–Crippen LogP) is 4.87. The van der Waals surface area contributed by atoms with E-state index in [0.29, 0.717) is 29.2 Å². The topological polar surface area (TPSA) is 52.0 Å². The zero-order chi connectivity index (χ0) is 15.0. The van der Waals surface area contributed by atoms with Crippen LogP contribution in [0.4, 0.5) is 14.6 Å². The third-order valence-corrected chi connectivity index (χ3v) is 4.18. The number of nitrogens with zero attached hydrogens (tertiary/aromatic N) is 1. The van der Waals surface area contributed by atoms with E-state index in [4.69, 9.17) is 21.9 Å². The number of alkyl halides is 2. The van der Waals surface area contributed by atoms with Crippen molar-refractivity contribution in [3.63, 3.8) is 0 Å². The summed E-state index contributed by atoms with van der Waals surface area (Å²) in [5, 5.41) is 4.38. The van der Waals surface area contributed by atoms with Crippen LogP contribution in [-0.2, 0) is 0 Å². The lowest BCUT2D eigenvalue weighted by molar-refractivity contribution is -0.0398. The molecule has 21 heavy (non-hydrogen) atoms. The average molecular weight is 313 g/mol. The molecular weight excluding hydrogens is 298 g/mol. The SMILES string of the molecule is Nc1noc(C2CCC(F)(F)CC2)c1-c1cccc(Cl)c1. The number of hydrogen-bond acceptors (Lipinski definition) is 3. The largest absolute Gasteiger partial charge is 0.380 e. The van der Waals surface area contributed by atoms with Crippen molar-refractivity contribution in [3.05, 3.63) is 35.0 Å². The minimum Gasteiger partial charge on any atom is -0.380 e. The molecule has 0 saturated heterocycles. The van der Waals surface area contributed by atoms with Gasteiger partial charge in [0.05, 0.1) is 5.56 Å². The third-order valence-electron chi connectivity index (χ3n) is 3.95. The summed E-state index contributed by atoms with van der Waals surface area (Å²) in [6.45, 7) is 0. The maximum Gasteiger partial charge on any atom is 0.248 e. The van der Waals surface area contributed by atoms with Crippen LogP contribution in [0.15, 0.2) is 28.8 Å². The van der Waals surface area contributed by atoms with Crippen LogP contribution >= 0.6 is 11.6 Å². The molecule has 0 aliphatic heterocycles. The lowest BCUT2D eigenvalue weighted by Crippen LogP contribution is -2.23. The molecule has 1 fully saturated rings. The first-order chi connectivity index (χ1) is 9.96. The van der Waals surface area contributed by atoms with Crippen LogP contribution in [0, 0.1) is 0 Å². The molecule has 0 atom stereocenters. The molecule has 0 unspecified atom stereocenters. The Hall–Kier alpha value is -1.62. The molecule has 3 nitrogen and oxygen atoms in total. The molecule has 6 heteroatoms. The van der Waals surface area contributed by atoms with Crippen molar-refractivity contribution in [1.82, 2.24) is 5.16 Å². The van der Waals surface area contributed by atoms with Gasteiger partial charge in [0.2, 0.25) is 5.92 Å². The van der Waals surface area contributed by atoms with Crippen LogP contribution in [0.5, 0.6) is 0 Å². The minimum absolute atomic E-state index is 0.0802. The minimum atomic E-state index is -2.57. The van der Waals surface area contributed by atoms with Crippen LogP contribution < -0.4 is 5.73 Å². The Bertz CT molecular complexity index is 647. The number of nitrogen functional groups attached to an aromatic ring is 1. The van der Waals surface area contributed by atoms with Crippen molar-refractivity contribution in [1.29, 1.82) is 0 Å². The fourth-order valence-corrected chi connectivity index (χ4v) is 3.02. The second-order valence-electron chi connectivity index (χ2n) is 5.45. The lowest BCUT2D eigenvalue weighted by atomic mass is 9.83. The first-order valence-electron chi connectivity index (χ1n) is 6.85. The Labute approximate surface area is 126 Å². The molecule has 2 aromatic rings. The van der Waals surface area contributed by atoms with Crippen molar-refractivity contribution in [2.24, 2.45) is 0 Å². The van der Waals surface area contributed by atoms with E-state index in [1.807, 2.05) is 12.1 Å². The number of aromatic nitrogens is 1. The highest BCUT2D eigenvalue weighted by atomic mass is 35.5. The van der Waals surface area contributed by atoms with E-state index < -0.39 is 5.92 Å². The molecule has 112 valence electrons. The molecule has 1 aliphatic rings. The number of benzene rings is 1. The van der Waals surface area contributed by atoms with E-state index in [0.717, 1.165) is 5.56 Å². The lowest BCUT2D eigenvalue weighted by Gasteiger charge is -2.27. The normalized spacial score (nSPS) is 18.8. The number of anilines is 1. The zero-order valence-electron chi connectivity index (χ0n) is 11.3. The maximum atomic E-state index is 13.3. The van der Waals surface area contributed by atoms with E-state index in [1.54, 1.807) is 12.1 Å². The van der Waals surface area contributed by atoms with Gasteiger partial charge in [0.1, 0.15) is 5.76 Å². The summed E-state index contributed by atoms with van der Waals surface area (Å²) >= 11 is 6.00. The van der Waals surface area contributed by atoms with Gasteiger partial charge < -0.3 is 10.3 Å².